The Morgan fingerprint density at radius 2 is 1.59 bits per heavy atom. The summed E-state index contributed by atoms with van der Waals surface area (Å²) in [5, 5.41) is 7.19. The lowest BCUT2D eigenvalue weighted by Crippen LogP contribution is -2.25. The Labute approximate surface area is 219 Å². The van der Waals surface area contributed by atoms with E-state index in [-0.39, 0.29) is 52.0 Å². The van der Waals surface area contributed by atoms with Crippen molar-refractivity contribution in [3.05, 3.63) is 86.1 Å². The summed E-state index contributed by atoms with van der Waals surface area (Å²) in [6.07, 6.45) is -10.3. The van der Waals surface area contributed by atoms with Crippen LogP contribution in [-0.2, 0) is 17.1 Å². The Bertz CT molecular complexity index is 1610. The lowest BCUT2D eigenvalue weighted by molar-refractivity contribution is -0.143. The normalized spacial score (nSPS) is 12.0. The summed E-state index contributed by atoms with van der Waals surface area (Å²) >= 11 is 0.738. The number of aryl methyl sites for hydroxylation is 1. The number of carbonyl (C=O) groups is 2. The van der Waals surface area contributed by atoms with Crippen LogP contribution in [0.5, 0.6) is 0 Å². The molecule has 7 nitrogen and oxygen atoms in total. The molecule has 0 bridgehead atoms. The van der Waals surface area contributed by atoms with Gasteiger partial charge in [0.15, 0.2) is 5.69 Å². The fourth-order valence-electron chi connectivity index (χ4n) is 3.61. The number of thiophene rings is 1. The molecule has 2 heterocycles. The van der Waals surface area contributed by atoms with Crippen molar-refractivity contribution in [2.24, 2.45) is 0 Å². The maximum Gasteiger partial charge on any atom is 0.416 e. The number of alkyl halides is 6. The van der Waals surface area contributed by atoms with Gasteiger partial charge in [-0.1, -0.05) is 17.7 Å². The lowest BCUT2D eigenvalue weighted by atomic mass is 10.0. The molecule has 39 heavy (non-hydrogen) atoms. The van der Waals surface area contributed by atoms with Gasteiger partial charge in [0.1, 0.15) is 5.00 Å². The number of ether oxygens (including phenoxy) is 1. The van der Waals surface area contributed by atoms with Crippen LogP contribution in [0.3, 0.4) is 0 Å². The van der Waals surface area contributed by atoms with Crippen molar-refractivity contribution in [1.29, 1.82) is 0 Å². The minimum atomic E-state index is -5.16. The third-order valence-corrected chi connectivity index (χ3v) is 6.37. The summed E-state index contributed by atoms with van der Waals surface area (Å²) in [6.45, 7) is 3.34. The van der Waals surface area contributed by atoms with Crippen molar-refractivity contribution in [2.75, 3.05) is 11.9 Å². The van der Waals surface area contributed by atoms with Gasteiger partial charge in [0.2, 0.25) is 0 Å². The number of amides is 1. The number of halogens is 6. The van der Waals surface area contributed by atoms with E-state index in [2.05, 4.69) is 10.4 Å². The average Bonchev–Trinajstić information content (AvgIpc) is 3.27. The quantitative estimate of drug-likeness (QED) is 0.228. The van der Waals surface area contributed by atoms with Crippen molar-refractivity contribution in [2.45, 2.75) is 26.2 Å². The Balaban J connectivity index is 1.87. The second kappa shape index (κ2) is 10.2. The molecule has 4 aromatic rings. The highest BCUT2D eigenvalue weighted by atomic mass is 32.1. The van der Waals surface area contributed by atoms with Gasteiger partial charge in [0.05, 0.1) is 28.8 Å². The molecule has 14 heteroatoms. The Kier molecular flexibility index (Phi) is 7.25. The molecule has 0 radical (unpaired) electrons. The van der Waals surface area contributed by atoms with Crippen molar-refractivity contribution in [1.82, 2.24) is 9.78 Å². The number of hydrogen-bond donors (Lipinski definition) is 1. The minimum Gasteiger partial charge on any atom is -0.461 e. The van der Waals surface area contributed by atoms with Crippen molar-refractivity contribution >= 4 is 39.0 Å². The van der Waals surface area contributed by atoms with Crippen LogP contribution in [-0.4, -0.2) is 28.3 Å². The molecule has 0 aliphatic carbocycles. The maximum absolute atomic E-state index is 13.4. The summed E-state index contributed by atoms with van der Waals surface area (Å²) in [4.78, 5) is 38.9. The number of carbonyl (C=O) groups excluding carboxylic acids is 2. The van der Waals surface area contributed by atoms with Gasteiger partial charge in [-0.25, -0.2) is 4.79 Å². The second-order valence-corrected chi connectivity index (χ2v) is 9.10. The number of fused-ring (bicyclic) bond motifs is 1. The molecule has 0 atom stereocenters. The SMILES string of the molecule is CCOC(=O)c1nn(-c2ccc(C)cc2)c(=O)c2c(NC(=O)c3cc(C(F)(F)F)cc(C(F)(F)F)c3)scc12. The molecule has 204 valence electrons. The van der Waals surface area contributed by atoms with Crippen molar-refractivity contribution in [3.8, 4) is 5.69 Å². The number of anilines is 1. The molecule has 1 N–H and O–H groups in total. The van der Waals surface area contributed by atoms with E-state index < -0.39 is 46.5 Å². The molecule has 0 unspecified atom stereocenters. The topological polar surface area (TPSA) is 90.3 Å². The zero-order valence-electron chi connectivity index (χ0n) is 20.0. The van der Waals surface area contributed by atoms with Crippen LogP contribution in [0.15, 0.2) is 52.6 Å². The maximum atomic E-state index is 13.4. The predicted molar refractivity (Wildman–Crippen MR) is 130 cm³/mol. The van der Waals surface area contributed by atoms with Gasteiger partial charge in [0, 0.05) is 16.3 Å². The van der Waals surface area contributed by atoms with Gasteiger partial charge in [-0.05, 0) is 44.2 Å². The highest BCUT2D eigenvalue weighted by Gasteiger charge is 2.37. The first kappa shape index (κ1) is 27.8. The minimum absolute atomic E-state index is 0.0119. The van der Waals surface area contributed by atoms with E-state index in [1.807, 2.05) is 0 Å². The van der Waals surface area contributed by atoms with Gasteiger partial charge < -0.3 is 10.1 Å². The fraction of sp³-hybridized carbons (Fsp3) is 0.200. The molecule has 2 aromatic heterocycles. The van der Waals surface area contributed by atoms with E-state index >= 15 is 0 Å². The molecular weight excluding hydrogens is 552 g/mol. The van der Waals surface area contributed by atoms with Crippen molar-refractivity contribution < 1.29 is 40.7 Å². The highest BCUT2D eigenvalue weighted by molar-refractivity contribution is 7.16. The number of esters is 1. The smallest absolute Gasteiger partial charge is 0.416 e. The van der Waals surface area contributed by atoms with Gasteiger partial charge in [0.25, 0.3) is 11.5 Å². The van der Waals surface area contributed by atoms with Crippen LogP contribution in [0.25, 0.3) is 16.5 Å². The van der Waals surface area contributed by atoms with Crippen LogP contribution in [0.1, 0.15) is 44.5 Å². The fourth-order valence-corrected chi connectivity index (χ4v) is 4.55. The van der Waals surface area contributed by atoms with E-state index in [9.17, 15) is 40.7 Å². The third kappa shape index (κ3) is 5.65. The van der Waals surface area contributed by atoms with E-state index in [1.54, 1.807) is 38.1 Å². The second-order valence-electron chi connectivity index (χ2n) is 8.22. The van der Waals surface area contributed by atoms with Gasteiger partial charge in [-0.3, -0.25) is 9.59 Å². The van der Waals surface area contributed by atoms with Crippen LogP contribution < -0.4 is 10.9 Å². The van der Waals surface area contributed by atoms with Crippen LogP contribution in [0.4, 0.5) is 31.3 Å². The first-order chi connectivity index (χ1) is 18.2. The highest BCUT2D eigenvalue weighted by Crippen LogP contribution is 2.37. The van der Waals surface area contributed by atoms with Crippen LogP contribution >= 0.6 is 11.3 Å². The molecular formula is C25H17F6N3O4S. The summed E-state index contributed by atoms with van der Waals surface area (Å²) in [5.74, 6) is -2.21. The van der Waals surface area contributed by atoms with Gasteiger partial charge in [-0.2, -0.15) is 36.1 Å². The lowest BCUT2D eigenvalue weighted by Gasteiger charge is -2.14. The molecule has 0 aliphatic heterocycles. The number of hydrogen-bond acceptors (Lipinski definition) is 6. The predicted octanol–water partition coefficient (Wildman–Crippen LogP) is 6.22. The molecule has 0 fully saturated rings. The number of rotatable bonds is 5. The average molecular weight is 569 g/mol. The van der Waals surface area contributed by atoms with Crippen LogP contribution in [0, 0.1) is 6.92 Å². The molecule has 0 aliphatic rings. The Morgan fingerprint density at radius 3 is 2.13 bits per heavy atom. The molecule has 2 aromatic carbocycles. The first-order valence-corrected chi connectivity index (χ1v) is 12.0. The zero-order chi connectivity index (χ0) is 28.7. The van der Waals surface area contributed by atoms with Crippen molar-refractivity contribution in [3.63, 3.8) is 0 Å². The molecule has 4 rings (SSSR count). The largest absolute Gasteiger partial charge is 0.461 e. The Morgan fingerprint density at radius 1 is 1.00 bits per heavy atom. The summed E-state index contributed by atoms with van der Waals surface area (Å²) < 4.78 is 85.5. The van der Waals surface area contributed by atoms with E-state index in [4.69, 9.17) is 4.74 Å². The van der Waals surface area contributed by atoms with Gasteiger partial charge in [-0.15, -0.1) is 11.3 Å². The molecule has 1 amide bonds. The molecule has 0 spiro atoms. The van der Waals surface area contributed by atoms with Crippen LogP contribution in [0.2, 0.25) is 0 Å². The summed E-state index contributed by atoms with van der Waals surface area (Å²) in [7, 11) is 0. The zero-order valence-corrected chi connectivity index (χ0v) is 20.8. The Hall–Kier alpha value is -4.20. The monoisotopic (exact) mass is 569 g/mol. The number of nitrogens with zero attached hydrogens (tertiary/aromatic N) is 2. The number of benzene rings is 2. The molecule has 0 saturated carbocycles. The summed E-state index contributed by atoms with van der Waals surface area (Å²) in [6, 6.07) is 6.91. The van der Waals surface area contributed by atoms with E-state index in [1.165, 1.54) is 5.38 Å². The molecule has 0 saturated heterocycles. The van der Waals surface area contributed by atoms with E-state index in [0.29, 0.717) is 0 Å². The summed E-state index contributed by atoms with van der Waals surface area (Å²) in [5.41, 5.74) is -4.23. The first-order valence-electron chi connectivity index (χ1n) is 11.1. The van der Waals surface area contributed by atoms with Gasteiger partial charge >= 0.3 is 18.3 Å². The number of nitrogens with one attached hydrogen (secondary N) is 1. The van der Waals surface area contributed by atoms with E-state index in [0.717, 1.165) is 21.6 Å². The number of aromatic nitrogens is 2. The standard InChI is InChI=1S/C25H17F6N3O4S/c1-3-38-23(37)19-17-11-39-21(18(17)22(36)34(33-19)16-6-4-12(2)5-7-16)32-20(35)13-8-14(24(26,27)28)10-15(9-13)25(29,30)31/h4-11H,3H2,1-2H3,(H,32,35). The third-order valence-electron chi connectivity index (χ3n) is 5.48.